The second-order valence-electron chi connectivity index (χ2n) is 6.89. The van der Waals surface area contributed by atoms with Crippen LogP contribution in [0.1, 0.15) is 45.4 Å². The highest BCUT2D eigenvalue weighted by Gasteiger charge is 2.34. The summed E-state index contributed by atoms with van der Waals surface area (Å²) in [7, 11) is -3.33. The lowest BCUT2D eigenvalue weighted by atomic mass is 9.85. The van der Waals surface area contributed by atoms with Crippen molar-refractivity contribution in [3.63, 3.8) is 0 Å². The Labute approximate surface area is 132 Å². The van der Waals surface area contributed by atoms with E-state index in [1.54, 1.807) is 9.69 Å². The molecule has 120 valence electrons. The molecule has 1 fully saturated rings. The first kappa shape index (κ1) is 16.9. The second-order valence-corrected chi connectivity index (χ2v) is 9.82. The number of sulfonamides is 1. The molecule has 0 amide bonds. The van der Waals surface area contributed by atoms with Crippen LogP contribution in [0.3, 0.4) is 0 Å². The molecule has 0 spiro atoms. The van der Waals surface area contributed by atoms with Gasteiger partial charge >= 0.3 is 0 Å². The molecule has 1 aromatic rings. The van der Waals surface area contributed by atoms with Gasteiger partial charge in [0.2, 0.25) is 10.0 Å². The molecule has 0 radical (unpaired) electrons. The maximum absolute atomic E-state index is 12.7. The van der Waals surface area contributed by atoms with Crippen molar-refractivity contribution < 1.29 is 8.42 Å². The van der Waals surface area contributed by atoms with E-state index >= 15 is 0 Å². The molecule has 1 aliphatic heterocycles. The minimum Gasteiger partial charge on any atom is -0.310 e. The zero-order valence-electron chi connectivity index (χ0n) is 13.3. The molecule has 0 aromatic carbocycles. The lowest BCUT2D eigenvalue weighted by Crippen LogP contribution is -2.43. The van der Waals surface area contributed by atoms with Crippen molar-refractivity contribution in [2.75, 3.05) is 13.1 Å². The molecule has 0 bridgehead atoms. The number of rotatable bonds is 5. The van der Waals surface area contributed by atoms with Crippen LogP contribution in [0.25, 0.3) is 0 Å². The number of nitrogens with zero attached hydrogens (tertiary/aromatic N) is 1. The summed E-state index contributed by atoms with van der Waals surface area (Å²) in [4.78, 5) is 1.52. The fourth-order valence-corrected chi connectivity index (χ4v) is 5.50. The molecule has 6 heteroatoms. The van der Waals surface area contributed by atoms with Gasteiger partial charge in [-0.3, -0.25) is 0 Å². The maximum atomic E-state index is 12.7. The summed E-state index contributed by atoms with van der Waals surface area (Å²) in [6, 6.07) is 2.21. The molecule has 1 saturated heterocycles. The lowest BCUT2D eigenvalue weighted by molar-refractivity contribution is 0.187. The number of hydrogen-bond acceptors (Lipinski definition) is 4. The molecular formula is C15H26N2O2S2. The predicted molar refractivity (Wildman–Crippen MR) is 88.1 cm³/mol. The van der Waals surface area contributed by atoms with Gasteiger partial charge in [0.1, 0.15) is 0 Å². The second kappa shape index (κ2) is 6.36. The van der Waals surface area contributed by atoms with Crippen LogP contribution in [0, 0.1) is 5.41 Å². The van der Waals surface area contributed by atoms with Crippen molar-refractivity contribution >= 4 is 21.4 Å². The highest BCUT2D eigenvalue weighted by molar-refractivity contribution is 7.89. The SMILES string of the molecule is CC(C)NCc1cc(S(=O)(=O)N2CCCC(C)(C)C2)cs1. The highest BCUT2D eigenvalue weighted by atomic mass is 32.2. The van der Waals surface area contributed by atoms with Crippen molar-refractivity contribution in [1.29, 1.82) is 0 Å². The Balaban J connectivity index is 2.12. The van der Waals surface area contributed by atoms with Crippen LogP contribution < -0.4 is 5.32 Å². The Morgan fingerprint density at radius 3 is 2.76 bits per heavy atom. The number of thiophene rings is 1. The van der Waals surface area contributed by atoms with E-state index in [0.29, 0.717) is 24.0 Å². The lowest BCUT2D eigenvalue weighted by Gasteiger charge is -2.36. The van der Waals surface area contributed by atoms with E-state index in [1.165, 1.54) is 11.3 Å². The zero-order valence-corrected chi connectivity index (χ0v) is 15.0. The van der Waals surface area contributed by atoms with Gasteiger partial charge in [0.05, 0.1) is 4.90 Å². The van der Waals surface area contributed by atoms with Gasteiger partial charge in [0.15, 0.2) is 0 Å². The first-order valence-electron chi connectivity index (χ1n) is 7.52. The molecule has 1 N–H and O–H groups in total. The van der Waals surface area contributed by atoms with Gasteiger partial charge < -0.3 is 5.32 Å². The Bertz CT molecular complexity index is 576. The van der Waals surface area contributed by atoms with Gasteiger partial charge in [-0.2, -0.15) is 4.31 Å². The summed E-state index contributed by atoms with van der Waals surface area (Å²) in [5.74, 6) is 0. The van der Waals surface area contributed by atoms with Gasteiger partial charge in [-0.15, -0.1) is 11.3 Å². The Hall–Kier alpha value is -0.430. The summed E-state index contributed by atoms with van der Waals surface area (Å²) in [5.41, 5.74) is 0.0728. The molecule has 0 saturated carbocycles. The summed E-state index contributed by atoms with van der Waals surface area (Å²) in [6.07, 6.45) is 2.03. The summed E-state index contributed by atoms with van der Waals surface area (Å²) < 4.78 is 27.1. The number of piperidine rings is 1. The normalized spacial score (nSPS) is 20.0. The van der Waals surface area contributed by atoms with Gasteiger partial charge in [0.25, 0.3) is 0 Å². The predicted octanol–water partition coefficient (Wildman–Crippen LogP) is 3.06. The molecule has 1 aromatic heterocycles. The minimum absolute atomic E-state index is 0.0728. The third-order valence-corrected chi connectivity index (χ3v) is 6.73. The first-order valence-corrected chi connectivity index (χ1v) is 9.84. The largest absolute Gasteiger partial charge is 0.310 e. The highest BCUT2D eigenvalue weighted by Crippen LogP contribution is 2.32. The van der Waals surface area contributed by atoms with Gasteiger partial charge in [0, 0.05) is 35.9 Å². The van der Waals surface area contributed by atoms with E-state index in [9.17, 15) is 8.42 Å². The molecule has 0 aliphatic carbocycles. The molecule has 1 aliphatic rings. The standard InChI is InChI=1S/C15H26N2O2S2/c1-12(2)16-9-13-8-14(10-20-13)21(18,19)17-7-5-6-15(3,4)11-17/h8,10,12,16H,5-7,9,11H2,1-4H3. The minimum atomic E-state index is -3.33. The van der Waals surface area contributed by atoms with E-state index in [0.717, 1.165) is 24.3 Å². The smallest absolute Gasteiger partial charge is 0.243 e. The van der Waals surface area contributed by atoms with Gasteiger partial charge in [-0.05, 0) is 24.3 Å². The Morgan fingerprint density at radius 2 is 2.14 bits per heavy atom. The van der Waals surface area contributed by atoms with E-state index in [-0.39, 0.29) is 5.41 Å². The van der Waals surface area contributed by atoms with Crippen LogP contribution >= 0.6 is 11.3 Å². The molecule has 4 nitrogen and oxygen atoms in total. The third kappa shape index (κ3) is 4.28. The summed E-state index contributed by atoms with van der Waals surface area (Å²) in [5, 5.41) is 5.09. The van der Waals surface area contributed by atoms with Gasteiger partial charge in [-0.25, -0.2) is 8.42 Å². The maximum Gasteiger partial charge on any atom is 0.243 e. The van der Waals surface area contributed by atoms with Crippen LogP contribution in [-0.2, 0) is 16.6 Å². The van der Waals surface area contributed by atoms with Crippen LogP contribution in [0.4, 0.5) is 0 Å². The van der Waals surface area contributed by atoms with Crippen LogP contribution in [0.15, 0.2) is 16.3 Å². The fourth-order valence-electron chi connectivity index (χ4n) is 2.62. The molecular weight excluding hydrogens is 304 g/mol. The monoisotopic (exact) mass is 330 g/mol. The van der Waals surface area contributed by atoms with Gasteiger partial charge in [-0.1, -0.05) is 27.7 Å². The van der Waals surface area contributed by atoms with E-state index in [1.807, 2.05) is 6.07 Å². The summed E-state index contributed by atoms with van der Waals surface area (Å²) in [6.45, 7) is 10.4. The topological polar surface area (TPSA) is 49.4 Å². The fraction of sp³-hybridized carbons (Fsp3) is 0.733. The third-order valence-electron chi connectivity index (χ3n) is 3.82. The van der Waals surface area contributed by atoms with Crippen molar-refractivity contribution in [2.24, 2.45) is 5.41 Å². The van der Waals surface area contributed by atoms with E-state index in [2.05, 4.69) is 33.0 Å². The van der Waals surface area contributed by atoms with Crippen LogP contribution in [0.5, 0.6) is 0 Å². The molecule has 21 heavy (non-hydrogen) atoms. The quantitative estimate of drug-likeness (QED) is 0.903. The van der Waals surface area contributed by atoms with Crippen LogP contribution in [0.2, 0.25) is 0 Å². The van der Waals surface area contributed by atoms with Crippen LogP contribution in [-0.4, -0.2) is 31.9 Å². The number of nitrogens with one attached hydrogen (secondary N) is 1. The summed E-state index contributed by atoms with van der Waals surface area (Å²) >= 11 is 1.51. The first-order chi connectivity index (χ1) is 9.71. The van der Waals surface area contributed by atoms with Crippen molar-refractivity contribution in [3.8, 4) is 0 Å². The van der Waals surface area contributed by atoms with Crippen molar-refractivity contribution in [1.82, 2.24) is 9.62 Å². The molecule has 2 heterocycles. The van der Waals surface area contributed by atoms with E-state index in [4.69, 9.17) is 0 Å². The Kier molecular flexibility index (Phi) is 5.13. The average Bonchev–Trinajstić information content (AvgIpc) is 2.84. The Morgan fingerprint density at radius 1 is 1.43 bits per heavy atom. The van der Waals surface area contributed by atoms with Crippen molar-refractivity contribution in [2.45, 2.75) is 58.0 Å². The van der Waals surface area contributed by atoms with Crippen molar-refractivity contribution in [3.05, 3.63) is 16.3 Å². The molecule has 0 unspecified atom stereocenters. The molecule has 0 atom stereocenters. The number of hydrogen-bond donors (Lipinski definition) is 1. The average molecular weight is 331 g/mol. The van der Waals surface area contributed by atoms with E-state index < -0.39 is 10.0 Å². The molecule has 2 rings (SSSR count). The zero-order chi connectivity index (χ0) is 15.7.